The number of allylic oxidation sites excluding steroid dienone is 4. The second-order valence-corrected chi connectivity index (χ2v) is 15.6. The van der Waals surface area contributed by atoms with Gasteiger partial charge < -0.3 is 38.6 Å². The molecule has 0 amide bonds. The second kappa shape index (κ2) is 13.8. The maximum atomic E-state index is 12.1. The van der Waals surface area contributed by atoms with Crippen molar-refractivity contribution in [2.24, 2.45) is 11.8 Å². The molecule has 2 aromatic heterocycles. The van der Waals surface area contributed by atoms with E-state index in [0.29, 0.717) is 52.1 Å². The fourth-order valence-corrected chi connectivity index (χ4v) is 10.2. The van der Waals surface area contributed by atoms with Crippen LogP contribution in [0.5, 0.6) is 34.5 Å². The number of hydrogen-bond donors (Lipinski definition) is 2. The minimum atomic E-state index is -0.708. The molecule has 2 aliphatic heterocycles. The van der Waals surface area contributed by atoms with Crippen molar-refractivity contribution in [3.8, 4) is 44.9 Å². The lowest BCUT2D eigenvalue weighted by Crippen LogP contribution is -2.33. The van der Waals surface area contributed by atoms with E-state index in [9.17, 15) is 10.2 Å². The highest BCUT2D eigenvalue weighted by Crippen LogP contribution is 2.49. The van der Waals surface area contributed by atoms with Crippen molar-refractivity contribution in [1.29, 1.82) is 0 Å². The quantitative estimate of drug-likeness (QED) is 0.218. The molecule has 9 rings (SSSR count). The number of benzene rings is 2. The number of phenolic OH excluding ortho intramolecular Hbond substituents is 1. The van der Waals surface area contributed by atoms with E-state index in [4.69, 9.17) is 28.4 Å². The van der Waals surface area contributed by atoms with Crippen LogP contribution in [0.2, 0.25) is 0 Å². The predicted molar refractivity (Wildman–Crippen MR) is 203 cm³/mol. The van der Waals surface area contributed by atoms with E-state index in [1.807, 2.05) is 16.8 Å². The van der Waals surface area contributed by atoms with Gasteiger partial charge in [0.1, 0.15) is 37.9 Å². The summed E-state index contributed by atoms with van der Waals surface area (Å²) in [5.74, 6) is 3.86. The molecule has 3 aliphatic carbocycles. The summed E-state index contributed by atoms with van der Waals surface area (Å²) < 4.78 is 36.4. The standard InChI is InChI=1S/C42H40O8S2/c1-45-37-23-5-3-6-24(37)14-28-18-32(42-40-34(22-52-42)48-10-12-50-40)20-30(36(28)44)16-26-8-4-7-25(38(26)46-2)15-29-19-31(17-27(13-23)35(29)43)41-39-33(21-51-41)47-9-11-49-39/h3-8,17-23,27,35,37,43-44H,9-16H2,1-2H3/t23?,27-,35?,37?/m1/s1. The van der Waals surface area contributed by atoms with Crippen molar-refractivity contribution >= 4 is 28.2 Å². The third kappa shape index (κ3) is 5.91. The number of para-hydroxylation sites is 1. The average molecular weight is 737 g/mol. The largest absolute Gasteiger partial charge is 0.507 e. The maximum Gasteiger partial charge on any atom is 0.179 e. The zero-order valence-corrected chi connectivity index (χ0v) is 30.7. The molecular formula is C42H40O8S2. The summed E-state index contributed by atoms with van der Waals surface area (Å²) in [7, 11) is 3.44. The van der Waals surface area contributed by atoms with E-state index in [0.717, 1.165) is 83.0 Å². The van der Waals surface area contributed by atoms with Gasteiger partial charge in [-0.3, -0.25) is 0 Å². The van der Waals surface area contributed by atoms with Crippen LogP contribution in [0.1, 0.15) is 33.6 Å². The number of rotatable bonds is 4. The molecule has 8 nitrogen and oxygen atoms in total. The van der Waals surface area contributed by atoms with Gasteiger partial charge in [-0.2, -0.15) is 0 Å². The van der Waals surface area contributed by atoms with E-state index in [1.54, 1.807) is 36.9 Å². The van der Waals surface area contributed by atoms with Crippen LogP contribution in [-0.2, 0) is 24.0 Å². The lowest BCUT2D eigenvalue weighted by atomic mass is 9.75. The normalized spacial score (nSPS) is 23.3. The smallest absolute Gasteiger partial charge is 0.179 e. The zero-order chi connectivity index (χ0) is 35.3. The monoisotopic (exact) mass is 736 g/mol. The molecule has 3 unspecified atom stereocenters. The predicted octanol–water partition coefficient (Wildman–Crippen LogP) is 7.94. The summed E-state index contributed by atoms with van der Waals surface area (Å²) in [6.07, 6.45) is 11.8. The summed E-state index contributed by atoms with van der Waals surface area (Å²) in [6.45, 7) is 2.06. The third-order valence-electron chi connectivity index (χ3n) is 10.7. The number of methoxy groups -OCH3 is 2. The van der Waals surface area contributed by atoms with Crippen molar-refractivity contribution in [3.63, 3.8) is 0 Å². The molecule has 4 atom stereocenters. The summed E-state index contributed by atoms with van der Waals surface area (Å²) in [6, 6.07) is 10.3. The molecule has 4 heterocycles. The van der Waals surface area contributed by atoms with Crippen molar-refractivity contribution in [2.45, 2.75) is 37.9 Å². The molecule has 268 valence electrons. The number of thiophene rings is 2. The van der Waals surface area contributed by atoms with E-state index in [2.05, 4.69) is 54.6 Å². The Balaban J connectivity index is 1.19. The molecule has 8 bridgehead atoms. The third-order valence-corrected chi connectivity index (χ3v) is 12.7. The number of ether oxygens (including phenoxy) is 6. The van der Waals surface area contributed by atoms with Crippen LogP contribution in [0.3, 0.4) is 0 Å². The van der Waals surface area contributed by atoms with Gasteiger partial charge in [0.15, 0.2) is 23.0 Å². The topological polar surface area (TPSA) is 95.8 Å². The average Bonchev–Trinajstić information content (AvgIpc) is 3.80. The van der Waals surface area contributed by atoms with Gasteiger partial charge in [-0.1, -0.05) is 48.6 Å². The first-order valence-electron chi connectivity index (χ1n) is 17.7. The maximum absolute atomic E-state index is 12.1. The minimum absolute atomic E-state index is 0.0104. The highest BCUT2D eigenvalue weighted by Gasteiger charge is 2.35. The van der Waals surface area contributed by atoms with Gasteiger partial charge in [0, 0.05) is 36.1 Å². The molecule has 5 aliphatic rings. The summed E-state index contributed by atoms with van der Waals surface area (Å²) in [5, 5.41) is 28.1. The van der Waals surface area contributed by atoms with Crippen LogP contribution in [0.4, 0.5) is 0 Å². The summed E-state index contributed by atoms with van der Waals surface area (Å²) in [5.41, 5.74) is 7.49. The summed E-state index contributed by atoms with van der Waals surface area (Å²) >= 11 is 3.19. The Hall–Kier alpha value is -4.48. The van der Waals surface area contributed by atoms with Gasteiger partial charge in [0.05, 0.1) is 29.1 Å². The highest BCUT2D eigenvalue weighted by molar-refractivity contribution is 7.14. The molecule has 0 fully saturated rings. The van der Waals surface area contributed by atoms with Crippen molar-refractivity contribution < 1.29 is 38.6 Å². The molecule has 0 saturated carbocycles. The van der Waals surface area contributed by atoms with Crippen LogP contribution in [0, 0.1) is 11.8 Å². The van der Waals surface area contributed by atoms with Crippen LogP contribution < -0.4 is 23.7 Å². The Morgan fingerprint density at radius 2 is 1.42 bits per heavy atom. The number of fused-ring (bicyclic) bond motifs is 10. The van der Waals surface area contributed by atoms with E-state index >= 15 is 0 Å². The number of aliphatic hydroxyl groups excluding tert-OH is 1. The van der Waals surface area contributed by atoms with Gasteiger partial charge in [-0.15, -0.1) is 22.7 Å². The fraction of sp³-hybridized carbons (Fsp3) is 0.333. The Labute approximate surface area is 310 Å². The molecule has 4 aromatic rings. The molecule has 2 aromatic carbocycles. The lowest BCUT2D eigenvalue weighted by molar-refractivity contribution is 0.0730. The molecule has 10 heteroatoms. The molecule has 0 radical (unpaired) electrons. The van der Waals surface area contributed by atoms with Gasteiger partial charge in [0.2, 0.25) is 0 Å². The number of hydrogen-bond acceptors (Lipinski definition) is 10. The Kier molecular flexibility index (Phi) is 8.87. The van der Waals surface area contributed by atoms with Crippen molar-refractivity contribution in [1.82, 2.24) is 0 Å². The highest BCUT2D eigenvalue weighted by atomic mass is 32.1. The number of aliphatic hydroxyl groups is 1. The van der Waals surface area contributed by atoms with Crippen LogP contribution in [0.25, 0.3) is 16.0 Å². The lowest BCUT2D eigenvalue weighted by Gasteiger charge is -2.35. The SMILES string of the molecule is COc1c2cccc1Cc1cc(-c3scc4c3OCCO4)cc(c1O)CC1=CC=CC(C[C@@H]3C=C(c4scc5c4OCCO5)C=C(C2)C3O)C1OC. The van der Waals surface area contributed by atoms with Crippen LogP contribution in [-0.4, -0.2) is 63.1 Å². The van der Waals surface area contributed by atoms with Gasteiger partial charge in [-0.25, -0.2) is 0 Å². The van der Waals surface area contributed by atoms with Crippen LogP contribution >= 0.6 is 22.7 Å². The Bertz CT molecular complexity index is 2150. The zero-order valence-electron chi connectivity index (χ0n) is 29.1. The van der Waals surface area contributed by atoms with Gasteiger partial charge in [0.25, 0.3) is 0 Å². The first-order chi connectivity index (χ1) is 25.5. The number of aromatic hydroxyl groups is 1. The van der Waals surface area contributed by atoms with Gasteiger partial charge >= 0.3 is 0 Å². The van der Waals surface area contributed by atoms with E-state index in [1.165, 1.54) is 0 Å². The summed E-state index contributed by atoms with van der Waals surface area (Å²) in [4.78, 5) is 1.99. The van der Waals surface area contributed by atoms with Crippen LogP contribution in [0.15, 0.2) is 82.6 Å². The van der Waals surface area contributed by atoms with E-state index in [-0.39, 0.29) is 23.7 Å². The number of phenols is 1. The first kappa shape index (κ1) is 33.4. The second-order valence-electron chi connectivity index (χ2n) is 13.8. The molecule has 0 saturated heterocycles. The molecule has 2 N–H and O–H groups in total. The molecular weight excluding hydrogens is 697 g/mol. The molecule has 52 heavy (non-hydrogen) atoms. The van der Waals surface area contributed by atoms with E-state index < -0.39 is 6.10 Å². The fourth-order valence-electron chi connectivity index (χ4n) is 8.33. The van der Waals surface area contributed by atoms with Crippen molar-refractivity contribution in [3.05, 3.63) is 110 Å². The van der Waals surface area contributed by atoms with Crippen molar-refractivity contribution in [2.75, 3.05) is 40.6 Å². The Morgan fingerprint density at radius 1 is 0.769 bits per heavy atom. The van der Waals surface area contributed by atoms with Gasteiger partial charge in [-0.05, 0) is 75.9 Å². The molecule has 0 spiro atoms. The minimum Gasteiger partial charge on any atom is -0.507 e. The first-order valence-corrected chi connectivity index (χ1v) is 19.5. The Morgan fingerprint density at radius 3 is 2.15 bits per heavy atom.